The molecule has 0 aliphatic heterocycles. The number of ether oxygens (including phenoxy) is 1. The fourth-order valence-corrected chi connectivity index (χ4v) is 2.88. The minimum atomic E-state index is -0.350. The van der Waals surface area contributed by atoms with Crippen molar-refractivity contribution >= 4 is 0 Å². The molecular weight excluding hydrogens is 254 g/mol. The van der Waals surface area contributed by atoms with E-state index in [1.807, 2.05) is 0 Å². The number of nitrogens with one attached hydrogen (secondary N) is 1. The lowest BCUT2D eigenvalue weighted by Crippen LogP contribution is -2.37. The van der Waals surface area contributed by atoms with Gasteiger partial charge in [0.25, 0.3) is 0 Å². The third-order valence-corrected chi connectivity index (χ3v) is 4.80. The molecule has 0 atom stereocenters. The third kappa shape index (κ3) is 2.88. The Bertz CT molecular complexity index is 455. The molecule has 0 aromatic carbocycles. The summed E-state index contributed by atoms with van der Waals surface area (Å²) in [7, 11) is 1.76. The molecule has 0 unspecified atom stereocenters. The number of methoxy groups -OCH3 is 1. The van der Waals surface area contributed by atoms with E-state index in [0.29, 0.717) is 23.9 Å². The first-order valence-corrected chi connectivity index (χ1v) is 7.65. The van der Waals surface area contributed by atoms with Gasteiger partial charge >= 0.3 is 0 Å². The lowest BCUT2D eigenvalue weighted by molar-refractivity contribution is -0.0740. The minimum absolute atomic E-state index is 0.350. The highest BCUT2D eigenvalue weighted by molar-refractivity contribution is 5.05. The summed E-state index contributed by atoms with van der Waals surface area (Å²) >= 11 is 0. The van der Waals surface area contributed by atoms with E-state index >= 15 is 0 Å². The van der Waals surface area contributed by atoms with Crippen LogP contribution in [-0.2, 0) is 16.9 Å². The van der Waals surface area contributed by atoms with Gasteiger partial charge in [-0.3, -0.25) is 0 Å². The maximum absolute atomic E-state index is 5.80. The van der Waals surface area contributed by atoms with Gasteiger partial charge in [0.2, 0.25) is 11.7 Å². The summed E-state index contributed by atoms with van der Waals surface area (Å²) in [6.45, 7) is 5.30. The van der Waals surface area contributed by atoms with Crippen LogP contribution in [0.25, 0.3) is 0 Å². The van der Waals surface area contributed by atoms with Crippen LogP contribution in [0, 0.1) is 5.41 Å². The van der Waals surface area contributed by atoms with Crippen LogP contribution in [0.3, 0.4) is 0 Å². The molecule has 0 radical (unpaired) electrons. The summed E-state index contributed by atoms with van der Waals surface area (Å²) in [6, 6.07) is 0.650. The van der Waals surface area contributed by atoms with Crippen LogP contribution in [0.1, 0.15) is 64.1 Å². The Morgan fingerprint density at radius 1 is 1.25 bits per heavy atom. The van der Waals surface area contributed by atoms with E-state index in [4.69, 9.17) is 9.26 Å². The number of aromatic nitrogens is 2. The first kappa shape index (κ1) is 14.0. The van der Waals surface area contributed by atoms with Gasteiger partial charge in [0.05, 0.1) is 6.54 Å². The van der Waals surface area contributed by atoms with Gasteiger partial charge in [-0.25, -0.2) is 0 Å². The van der Waals surface area contributed by atoms with Crippen LogP contribution in [0.15, 0.2) is 4.52 Å². The van der Waals surface area contributed by atoms with E-state index in [0.717, 1.165) is 31.5 Å². The zero-order chi connectivity index (χ0) is 14.2. The van der Waals surface area contributed by atoms with Crippen LogP contribution < -0.4 is 5.32 Å². The highest BCUT2D eigenvalue weighted by Crippen LogP contribution is 2.46. The largest absolute Gasteiger partial charge is 0.370 e. The average Bonchev–Trinajstić information content (AvgIpc) is 3.14. The van der Waals surface area contributed by atoms with Gasteiger partial charge in [-0.2, -0.15) is 4.98 Å². The van der Waals surface area contributed by atoms with Gasteiger partial charge in [0.1, 0.15) is 5.60 Å². The van der Waals surface area contributed by atoms with E-state index in [1.165, 1.54) is 12.8 Å². The van der Waals surface area contributed by atoms with Crippen molar-refractivity contribution in [2.24, 2.45) is 5.41 Å². The topological polar surface area (TPSA) is 60.2 Å². The SMILES string of the molecule is COC1(c2noc(CNC3CC3)n2)CCC(C)(C)CC1. The van der Waals surface area contributed by atoms with Gasteiger partial charge in [0.15, 0.2) is 0 Å². The van der Waals surface area contributed by atoms with Crippen molar-refractivity contribution < 1.29 is 9.26 Å². The van der Waals surface area contributed by atoms with Gasteiger partial charge in [0, 0.05) is 13.2 Å². The van der Waals surface area contributed by atoms with Gasteiger partial charge < -0.3 is 14.6 Å². The van der Waals surface area contributed by atoms with Gasteiger partial charge in [-0.05, 0) is 43.9 Å². The molecule has 1 N–H and O–H groups in total. The lowest BCUT2D eigenvalue weighted by Gasteiger charge is -2.40. The van der Waals surface area contributed by atoms with Crippen LogP contribution in [0.2, 0.25) is 0 Å². The number of rotatable bonds is 5. The van der Waals surface area contributed by atoms with Crippen molar-refractivity contribution in [3.8, 4) is 0 Å². The van der Waals surface area contributed by atoms with Crippen LogP contribution in [0.5, 0.6) is 0 Å². The molecule has 1 aromatic heterocycles. The maximum Gasteiger partial charge on any atom is 0.240 e. The number of hydrogen-bond donors (Lipinski definition) is 1. The standard InChI is InChI=1S/C15H25N3O2/c1-14(2)6-8-15(19-3,9-7-14)13-17-12(20-18-13)10-16-11-4-5-11/h11,16H,4-10H2,1-3H3. The monoisotopic (exact) mass is 279 g/mol. The molecular formula is C15H25N3O2. The summed E-state index contributed by atoms with van der Waals surface area (Å²) in [5, 5.41) is 7.57. The molecule has 3 rings (SSSR count). The first-order chi connectivity index (χ1) is 9.53. The molecule has 2 aliphatic carbocycles. The molecule has 0 spiro atoms. The minimum Gasteiger partial charge on any atom is -0.370 e. The molecule has 2 fully saturated rings. The Morgan fingerprint density at radius 2 is 1.95 bits per heavy atom. The van der Waals surface area contributed by atoms with Crippen molar-refractivity contribution in [3.05, 3.63) is 11.7 Å². The zero-order valence-corrected chi connectivity index (χ0v) is 12.7. The Morgan fingerprint density at radius 3 is 2.55 bits per heavy atom. The predicted molar refractivity (Wildman–Crippen MR) is 75.1 cm³/mol. The second-order valence-electron chi connectivity index (χ2n) is 7.03. The average molecular weight is 279 g/mol. The molecule has 20 heavy (non-hydrogen) atoms. The molecule has 0 amide bonds. The molecule has 1 aromatic rings. The zero-order valence-electron chi connectivity index (χ0n) is 12.7. The quantitative estimate of drug-likeness (QED) is 0.898. The summed E-state index contributed by atoms with van der Waals surface area (Å²) in [4.78, 5) is 4.56. The molecule has 2 saturated carbocycles. The van der Waals surface area contributed by atoms with E-state index < -0.39 is 0 Å². The van der Waals surface area contributed by atoms with Gasteiger partial charge in [-0.15, -0.1) is 0 Å². The van der Waals surface area contributed by atoms with E-state index in [2.05, 4.69) is 29.3 Å². The van der Waals surface area contributed by atoms with Crippen molar-refractivity contribution in [3.63, 3.8) is 0 Å². The molecule has 5 nitrogen and oxygen atoms in total. The second-order valence-corrected chi connectivity index (χ2v) is 7.03. The highest BCUT2D eigenvalue weighted by atomic mass is 16.5. The molecule has 1 heterocycles. The molecule has 0 saturated heterocycles. The lowest BCUT2D eigenvalue weighted by atomic mass is 9.70. The second kappa shape index (κ2) is 5.11. The smallest absolute Gasteiger partial charge is 0.240 e. The maximum atomic E-state index is 5.80. The van der Waals surface area contributed by atoms with Crippen molar-refractivity contribution in [2.75, 3.05) is 7.11 Å². The normalized spacial score (nSPS) is 24.8. The molecule has 5 heteroatoms. The van der Waals surface area contributed by atoms with Crippen LogP contribution in [0.4, 0.5) is 0 Å². The predicted octanol–water partition coefficient (Wildman–Crippen LogP) is 2.76. The Hall–Kier alpha value is -0.940. The first-order valence-electron chi connectivity index (χ1n) is 7.65. The van der Waals surface area contributed by atoms with Crippen molar-refractivity contribution in [1.29, 1.82) is 0 Å². The fraction of sp³-hybridized carbons (Fsp3) is 0.867. The van der Waals surface area contributed by atoms with Crippen LogP contribution >= 0.6 is 0 Å². The van der Waals surface area contributed by atoms with Crippen molar-refractivity contribution in [2.45, 2.75) is 70.6 Å². The summed E-state index contributed by atoms with van der Waals surface area (Å²) < 4.78 is 11.2. The van der Waals surface area contributed by atoms with Crippen LogP contribution in [-0.4, -0.2) is 23.3 Å². The van der Waals surface area contributed by atoms with Gasteiger partial charge in [-0.1, -0.05) is 19.0 Å². The summed E-state index contributed by atoms with van der Waals surface area (Å²) in [6.07, 6.45) is 6.71. The molecule has 2 aliphatic rings. The Labute approximate surface area is 120 Å². The molecule has 0 bridgehead atoms. The molecule has 112 valence electrons. The Kier molecular flexibility index (Phi) is 3.58. The summed E-state index contributed by atoms with van der Waals surface area (Å²) in [5.41, 5.74) is 0.0407. The fourth-order valence-electron chi connectivity index (χ4n) is 2.88. The summed E-state index contributed by atoms with van der Waals surface area (Å²) in [5.74, 6) is 1.40. The van der Waals surface area contributed by atoms with E-state index in [1.54, 1.807) is 7.11 Å². The Balaban J connectivity index is 1.69. The third-order valence-electron chi connectivity index (χ3n) is 4.80. The highest BCUT2D eigenvalue weighted by Gasteiger charge is 2.43. The van der Waals surface area contributed by atoms with E-state index in [9.17, 15) is 0 Å². The van der Waals surface area contributed by atoms with Crippen molar-refractivity contribution in [1.82, 2.24) is 15.5 Å². The van der Waals surface area contributed by atoms with E-state index in [-0.39, 0.29) is 5.60 Å². The number of hydrogen-bond acceptors (Lipinski definition) is 5. The number of nitrogens with zero attached hydrogens (tertiary/aromatic N) is 2.